The predicted molar refractivity (Wildman–Crippen MR) is 54.0 cm³/mol. The van der Waals surface area contributed by atoms with Crippen LogP contribution >= 0.6 is 0 Å². The van der Waals surface area contributed by atoms with Crippen LogP contribution in [0, 0.1) is 5.41 Å². The first-order chi connectivity index (χ1) is 5.73. The molecule has 1 N–H and O–H groups in total. The maximum atomic E-state index is 11.5. The Morgan fingerprint density at radius 3 is 2.08 bits per heavy atom. The number of rotatable bonds is 3. The molecule has 0 aromatic rings. The smallest absolute Gasteiger partial charge is 0.212 e. The van der Waals surface area contributed by atoms with Crippen molar-refractivity contribution < 1.29 is 8.42 Å². The van der Waals surface area contributed by atoms with Gasteiger partial charge in [0.1, 0.15) is 0 Å². The molecule has 1 atom stereocenters. The van der Waals surface area contributed by atoms with Gasteiger partial charge in [0.25, 0.3) is 0 Å². The van der Waals surface area contributed by atoms with E-state index in [-0.39, 0.29) is 16.7 Å². The molecule has 13 heavy (non-hydrogen) atoms. The van der Waals surface area contributed by atoms with Crippen molar-refractivity contribution in [2.24, 2.45) is 5.41 Å². The maximum absolute atomic E-state index is 11.5. The minimum absolute atomic E-state index is 0.00176. The molecule has 1 fully saturated rings. The Hall–Kier alpha value is -0.0900. The van der Waals surface area contributed by atoms with Crippen molar-refractivity contribution in [1.82, 2.24) is 4.72 Å². The second kappa shape index (κ2) is 3.24. The van der Waals surface area contributed by atoms with E-state index >= 15 is 0 Å². The summed E-state index contributed by atoms with van der Waals surface area (Å²) in [4.78, 5) is 0. The zero-order chi connectivity index (χ0) is 10.3. The Labute approximate surface area is 81.0 Å². The van der Waals surface area contributed by atoms with E-state index in [1.54, 1.807) is 0 Å². The molecule has 4 heteroatoms. The molecular formula is C9H19NO2S. The molecule has 0 spiro atoms. The standard InChI is InChI=1S/C9H19NO2S/c1-7(9(2,3)4)10-13(11,12)8-5-6-8/h7-8,10H,5-6H2,1-4H3. The molecule has 1 saturated carbocycles. The van der Waals surface area contributed by atoms with Gasteiger partial charge in [-0.15, -0.1) is 0 Å². The summed E-state index contributed by atoms with van der Waals surface area (Å²) >= 11 is 0. The quantitative estimate of drug-likeness (QED) is 0.759. The first-order valence-corrected chi connectivity index (χ1v) is 6.29. The lowest BCUT2D eigenvalue weighted by Crippen LogP contribution is -2.42. The molecular weight excluding hydrogens is 186 g/mol. The third kappa shape index (κ3) is 2.95. The molecule has 0 aliphatic heterocycles. The molecule has 0 heterocycles. The lowest BCUT2D eigenvalue weighted by Gasteiger charge is -2.27. The normalized spacial score (nSPS) is 21.5. The molecule has 0 radical (unpaired) electrons. The summed E-state index contributed by atoms with van der Waals surface area (Å²) in [6.45, 7) is 8.02. The lowest BCUT2D eigenvalue weighted by atomic mass is 9.89. The number of nitrogens with one attached hydrogen (secondary N) is 1. The molecule has 1 aliphatic carbocycles. The van der Waals surface area contributed by atoms with E-state index < -0.39 is 10.0 Å². The Bertz CT molecular complexity index is 272. The Kier molecular flexibility index (Phi) is 2.74. The summed E-state index contributed by atoms with van der Waals surface area (Å²) in [5, 5.41) is -0.114. The van der Waals surface area contributed by atoms with Crippen LogP contribution in [0.15, 0.2) is 0 Å². The van der Waals surface area contributed by atoms with Crippen molar-refractivity contribution >= 4 is 10.0 Å². The number of hydrogen-bond donors (Lipinski definition) is 1. The van der Waals surface area contributed by atoms with Crippen molar-refractivity contribution in [3.05, 3.63) is 0 Å². The van der Waals surface area contributed by atoms with E-state index in [2.05, 4.69) is 4.72 Å². The van der Waals surface area contributed by atoms with Gasteiger partial charge in [0.15, 0.2) is 0 Å². The molecule has 0 bridgehead atoms. The zero-order valence-corrected chi connectivity index (χ0v) is 9.61. The average Bonchev–Trinajstić information content (AvgIpc) is 2.62. The minimum Gasteiger partial charge on any atom is -0.212 e. The van der Waals surface area contributed by atoms with E-state index in [4.69, 9.17) is 0 Å². The summed E-state index contributed by atoms with van der Waals surface area (Å²) in [7, 11) is -3.02. The van der Waals surface area contributed by atoms with Crippen molar-refractivity contribution in [3.8, 4) is 0 Å². The van der Waals surface area contributed by atoms with E-state index in [0.29, 0.717) is 0 Å². The number of hydrogen-bond acceptors (Lipinski definition) is 2. The fourth-order valence-corrected chi connectivity index (χ4v) is 2.69. The summed E-state index contributed by atoms with van der Waals surface area (Å²) in [5.74, 6) is 0. The highest BCUT2D eigenvalue weighted by atomic mass is 32.2. The third-order valence-electron chi connectivity index (χ3n) is 2.60. The molecule has 0 aromatic carbocycles. The van der Waals surface area contributed by atoms with Crippen LogP contribution in [0.5, 0.6) is 0 Å². The van der Waals surface area contributed by atoms with Gasteiger partial charge in [-0.2, -0.15) is 0 Å². The van der Waals surface area contributed by atoms with Gasteiger partial charge in [-0.25, -0.2) is 13.1 Å². The SMILES string of the molecule is CC(NS(=O)(=O)C1CC1)C(C)(C)C. The molecule has 1 rings (SSSR count). The molecule has 1 unspecified atom stereocenters. The molecule has 1 aliphatic rings. The second-order valence-electron chi connectivity index (χ2n) is 4.95. The summed E-state index contributed by atoms with van der Waals surface area (Å²) in [6, 6.07) is -0.00176. The third-order valence-corrected chi connectivity index (χ3v) is 4.63. The van der Waals surface area contributed by atoms with Crippen LogP contribution < -0.4 is 4.72 Å². The van der Waals surface area contributed by atoms with Crippen LogP contribution in [0.1, 0.15) is 40.5 Å². The summed E-state index contributed by atoms with van der Waals surface area (Å²) < 4.78 is 25.8. The van der Waals surface area contributed by atoms with Crippen LogP contribution in [0.2, 0.25) is 0 Å². The maximum Gasteiger partial charge on any atom is 0.214 e. The highest BCUT2D eigenvalue weighted by molar-refractivity contribution is 7.90. The molecule has 0 amide bonds. The second-order valence-corrected chi connectivity index (χ2v) is 6.94. The zero-order valence-electron chi connectivity index (χ0n) is 8.79. The Morgan fingerprint density at radius 1 is 1.31 bits per heavy atom. The molecule has 78 valence electrons. The fourth-order valence-electron chi connectivity index (χ4n) is 0.898. The number of sulfonamides is 1. The first-order valence-electron chi connectivity index (χ1n) is 4.74. The lowest BCUT2D eigenvalue weighted by molar-refractivity contribution is 0.317. The van der Waals surface area contributed by atoms with Gasteiger partial charge in [-0.3, -0.25) is 0 Å². The van der Waals surface area contributed by atoms with Crippen LogP contribution in [0.3, 0.4) is 0 Å². The summed E-state index contributed by atoms with van der Waals surface area (Å²) in [5.41, 5.74) is -0.0119. The predicted octanol–water partition coefficient (Wildman–Crippen LogP) is 1.50. The van der Waals surface area contributed by atoms with Crippen LogP contribution in [0.25, 0.3) is 0 Å². The van der Waals surface area contributed by atoms with E-state index in [1.807, 2.05) is 27.7 Å². The molecule has 0 aromatic heterocycles. The van der Waals surface area contributed by atoms with Crippen molar-refractivity contribution in [1.29, 1.82) is 0 Å². The van der Waals surface area contributed by atoms with Gasteiger partial charge in [-0.1, -0.05) is 20.8 Å². The van der Waals surface area contributed by atoms with Gasteiger partial charge in [0.05, 0.1) is 5.25 Å². The van der Waals surface area contributed by atoms with Crippen molar-refractivity contribution in [2.75, 3.05) is 0 Å². The van der Waals surface area contributed by atoms with Gasteiger partial charge >= 0.3 is 0 Å². The molecule has 0 saturated heterocycles. The van der Waals surface area contributed by atoms with Crippen molar-refractivity contribution in [3.63, 3.8) is 0 Å². The van der Waals surface area contributed by atoms with Gasteiger partial charge in [-0.05, 0) is 25.2 Å². The highest BCUT2D eigenvalue weighted by Crippen LogP contribution is 2.29. The van der Waals surface area contributed by atoms with E-state index in [9.17, 15) is 8.42 Å². The van der Waals surface area contributed by atoms with Crippen molar-refractivity contribution in [2.45, 2.75) is 51.8 Å². The van der Waals surface area contributed by atoms with Crippen LogP contribution in [-0.2, 0) is 10.0 Å². The average molecular weight is 205 g/mol. The van der Waals surface area contributed by atoms with E-state index in [1.165, 1.54) is 0 Å². The highest BCUT2D eigenvalue weighted by Gasteiger charge is 2.37. The summed E-state index contributed by atoms with van der Waals surface area (Å²) in [6.07, 6.45) is 1.65. The van der Waals surface area contributed by atoms with Crippen LogP contribution in [0.4, 0.5) is 0 Å². The van der Waals surface area contributed by atoms with Gasteiger partial charge in [0.2, 0.25) is 10.0 Å². The van der Waals surface area contributed by atoms with Gasteiger partial charge in [0, 0.05) is 6.04 Å². The van der Waals surface area contributed by atoms with E-state index in [0.717, 1.165) is 12.8 Å². The fraction of sp³-hybridized carbons (Fsp3) is 1.00. The monoisotopic (exact) mass is 205 g/mol. The topological polar surface area (TPSA) is 46.2 Å². The van der Waals surface area contributed by atoms with Crippen LogP contribution in [-0.4, -0.2) is 19.7 Å². The largest absolute Gasteiger partial charge is 0.214 e. The first kappa shape index (κ1) is 11.0. The Balaban J connectivity index is 2.58. The Morgan fingerprint density at radius 2 is 1.77 bits per heavy atom. The van der Waals surface area contributed by atoms with Gasteiger partial charge < -0.3 is 0 Å². The molecule has 3 nitrogen and oxygen atoms in total. The minimum atomic E-state index is -3.02.